The van der Waals surface area contributed by atoms with E-state index in [9.17, 15) is 38.7 Å². The average molecular weight is 764 g/mol. The van der Waals surface area contributed by atoms with Crippen molar-refractivity contribution in [3.05, 3.63) is 36.5 Å². The number of rotatable bonds is 31. The number of allylic oxidation sites excluding steroid dienone is 5. The summed E-state index contributed by atoms with van der Waals surface area (Å²) in [4.78, 5) is 12.9. The Bertz CT molecular complexity index is 1100. The van der Waals surface area contributed by atoms with Crippen molar-refractivity contribution in [2.45, 2.75) is 185 Å². The third-order valence-corrected chi connectivity index (χ3v) is 9.52. The van der Waals surface area contributed by atoms with Gasteiger partial charge in [-0.3, -0.25) is 9.35 Å². The normalized spacial score (nSPS) is 23.1. The Kier molecular flexibility index (Phi) is 27.5. The molecule has 0 spiro atoms. The fraction of sp³-hybridized carbons (Fsp3) is 0.816. The zero-order valence-electron chi connectivity index (χ0n) is 31.5. The van der Waals surface area contributed by atoms with Crippen LogP contribution in [0.2, 0.25) is 0 Å². The zero-order valence-corrected chi connectivity index (χ0v) is 32.3. The molecule has 1 heterocycles. The molecule has 52 heavy (non-hydrogen) atoms. The smallest absolute Gasteiger partial charge is 0.394 e. The second-order valence-corrected chi connectivity index (χ2v) is 14.7. The number of hydrogen-bond donors (Lipinski definition) is 7. The van der Waals surface area contributed by atoms with Crippen molar-refractivity contribution in [2.75, 3.05) is 13.2 Å². The third-order valence-electron chi connectivity index (χ3n) is 9.05. The first-order valence-corrected chi connectivity index (χ1v) is 20.9. The number of aliphatic hydroxyl groups excluding tert-OH is 5. The van der Waals surface area contributed by atoms with Gasteiger partial charge in [0.05, 0.1) is 25.4 Å². The molecule has 0 aromatic carbocycles. The molecule has 0 radical (unpaired) electrons. The SMILES string of the molecule is CCCCC/C=C\C=C/CCCCCCCCCCCC(O)C(=O)NC(COC1OC(CO)C(O)C(OS(=O)(=O)O)C1O)C(O)/C=C/CCCCC. The van der Waals surface area contributed by atoms with Gasteiger partial charge in [0, 0.05) is 0 Å². The molecule has 1 amide bonds. The Morgan fingerprint density at radius 2 is 1.31 bits per heavy atom. The fourth-order valence-electron chi connectivity index (χ4n) is 5.86. The van der Waals surface area contributed by atoms with E-state index in [1.54, 1.807) is 6.08 Å². The maximum Gasteiger partial charge on any atom is 0.397 e. The highest BCUT2D eigenvalue weighted by atomic mass is 32.3. The Hall–Kier alpha value is -1.72. The van der Waals surface area contributed by atoms with Crippen LogP contribution in [0.25, 0.3) is 0 Å². The van der Waals surface area contributed by atoms with Gasteiger partial charge in [-0.05, 0) is 44.9 Å². The summed E-state index contributed by atoms with van der Waals surface area (Å²) >= 11 is 0. The molecule has 8 unspecified atom stereocenters. The van der Waals surface area contributed by atoms with Crippen molar-refractivity contribution < 1.29 is 57.0 Å². The highest BCUT2D eigenvalue weighted by Crippen LogP contribution is 2.26. The molecule has 0 bridgehead atoms. The summed E-state index contributed by atoms with van der Waals surface area (Å²) in [5.74, 6) is -0.716. The van der Waals surface area contributed by atoms with Gasteiger partial charge in [-0.25, -0.2) is 4.18 Å². The summed E-state index contributed by atoms with van der Waals surface area (Å²) < 4.78 is 47.0. The lowest BCUT2D eigenvalue weighted by Gasteiger charge is -2.41. The third kappa shape index (κ3) is 22.5. The van der Waals surface area contributed by atoms with Crippen molar-refractivity contribution in [3.63, 3.8) is 0 Å². The number of ether oxygens (including phenoxy) is 2. The first-order chi connectivity index (χ1) is 24.9. The molecular weight excluding hydrogens is 694 g/mol. The van der Waals surface area contributed by atoms with E-state index in [0.717, 1.165) is 57.8 Å². The molecule has 0 saturated carbocycles. The Labute approximate surface area is 312 Å². The molecule has 304 valence electrons. The maximum absolute atomic E-state index is 12.9. The van der Waals surface area contributed by atoms with Gasteiger partial charge in [-0.1, -0.05) is 127 Å². The van der Waals surface area contributed by atoms with E-state index >= 15 is 0 Å². The monoisotopic (exact) mass is 763 g/mol. The summed E-state index contributed by atoms with van der Waals surface area (Å²) in [5.41, 5.74) is 0. The molecule has 13 nitrogen and oxygen atoms in total. The summed E-state index contributed by atoms with van der Waals surface area (Å²) in [6.45, 7) is 3.01. The number of unbranched alkanes of at least 4 members (excludes halogenated alkanes) is 15. The lowest BCUT2D eigenvalue weighted by molar-refractivity contribution is -0.298. The number of aliphatic hydroxyl groups is 5. The van der Waals surface area contributed by atoms with Gasteiger partial charge < -0.3 is 40.3 Å². The average Bonchev–Trinajstić information content (AvgIpc) is 3.11. The van der Waals surface area contributed by atoms with Gasteiger partial charge in [0.1, 0.15) is 30.5 Å². The molecule has 1 rings (SSSR count). The van der Waals surface area contributed by atoms with Crippen LogP contribution in [0, 0.1) is 0 Å². The summed E-state index contributed by atoms with van der Waals surface area (Å²) in [6, 6.07) is -1.12. The Morgan fingerprint density at radius 3 is 1.85 bits per heavy atom. The van der Waals surface area contributed by atoms with Gasteiger partial charge >= 0.3 is 10.4 Å². The molecule has 8 atom stereocenters. The predicted molar refractivity (Wildman–Crippen MR) is 201 cm³/mol. The Balaban J connectivity index is 2.51. The highest BCUT2D eigenvalue weighted by Gasteiger charge is 2.48. The van der Waals surface area contributed by atoms with Crippen LogP contribution in [0.5, 0.6) is 0 Å². The molecular formula is C38H69NO12S. The van der Waals surface area contributed by atoms with Gasteiger partial charge in [0.25, 0.3) is 0 Å². The topological polar surface area (TPSA) is 212 Å². The van der Waals surface area contributed by atoms with Gasteiger partial charge in [0.2, 0.25) is 5.91 Å². The van der Waals surface area contributed by atoms with Crippen molar-refractivity contribution >= 4 is 16.3 Å². The minimum Gasteiger partial charge on any atom is -0.394 e. The first kappa shape index (κ1) is 48.3. The quantitative estimate of drug-likeness (QED) is 0.0216. The number of amides is 1. The lowest BCUT2D eigenvalue weighted by atomic mass is 9.99. The van der Waals surface area contributed by atoms with E-state index < -0.39 is 78.5 Å². The minimum atomic E-state index is -5.11. The predicted octanol–water partition coefficient (Wildman–Crippen LogP) is 4.96. The van der Waals surface area contributed by atoms with Gasteiger partial charge in [-0.2, -0.15) is 8.42 Å². The van der Waals surface area contributed by atoms with Crippen molar-refractivity contribution in [3.8, 4) is 0 Å². The van der Waals surface area contributed by atoms with E-state index in [-0.39, 0.29) is 6.42 Å². The highest BCUT2D eigenvalue weighted by molar-refractivity contribution is 7.80. The second kappa shape index (κ2) is 29.6. The number of nitrogens with one attached hydrogen (secondary N) is 1. The van der Waals surface area contributed by atoms with E-state index in [0.29, 0.717) is 12.8 Å². The van der Waals surface area contributed by atoms with Gasteiger partial charge in [0.15, 0.2) is 6.29 Å². The molecule has 1 aliphatic heterocycles. The number of hydrogen-bond acceptors (Lipinski definition) is 11. The van der Waals surface area contributed by atoms with E-state index in [1.165, 1.54) is 51.0 Å². The minimum absolute atomic E-state index is 0.235. The van der Waals surface area contributed by atoms with Crippen LogP contribution in [0.15, 0.2) is 36.5 Å². The molecule has 1 aliphatic rings. The van der Waals surface area contributed by atoms with Gasteiger partial charge in [-0.15, -0.1) is 0 Å². The Morgan fingerprint density at radius 1 is 0.788 bits per heavy atom. The standard InChI is InChI=1S/C38H69NO12S/c1-3-5-7-9-10-11-12-13-14-15-16-17-18-19-20-21-23-25-27-32(42)37(45)39-30(31(41)26-24-22-8-6-4-2)29-49-38-35(44)36(51-52(46,47)48)34(43)33(28-40)50-38/h10-13,24,26,30-36,38,40-44H,3-9,14-23,25,27-29H2,1-2H3,(H,39,45)(H,46,47,48)/b11-10-,13-12-,26-24+. The van der Waals surface area contributed by atoms with Crippen molar-refractivity contribution in [1.82, 2.24) is 5.32 Å². The zero-order chi connectivity index (χ0) is 38.6. The first-order valence-electron chi connectivity index (χ1n) is 19.5. The van der Waals surface area contributed by atoms with Crippen LogP contribution in [-0.4, -0.2) is 107 Å². The molecule has 1 fully saturated rings. The molecule has 0 aromatic rings. The molecule has 14 heteroatoms. The van der Waals surface area contributed by atoms with Crippen LogP contribution in [0.3, 0.4) is 0 Å². The molecule has 0 aromatic heterocycles. The summed E-state index contributed by atoms with van der Waals surface area (Å²) in [7, 11) is -5.11. The van der Waals surface area contributed by atoms with Crippen molar-refractivity contribution in [2.24, 2.45) is 0 Å². The van der Waals surface area contributed by atoms with Crippen LogP contribution in [0.4, 0.5) is 0 Å². The number of carbonyl (C=O) groups excluding carboxylic acids is 1. The van der Waals surface area contributed by atoms with Crippen LogP contribution in [0.1, 0.15) is 136 Å². The largest absolute Gasteiger partial charge is 0.397 e. The van der Waals surface area contributed by atoms with E-state index in [4.69, 9.17) is 14.0 Å². The number of carbonyl (C=O) groups is 1. The van der Waals surface area contributed by atoms with Crippen molar-refractivity contribution in [1.29, 1.82) is 0 Å². The second-order valence-electron chi connectivity index (χ2n) is 13.7. The van der Waals surface area contributed by atoms with Crippen LogP contribution >= 0.6 is 0 Å². The summed E-state index contributed by atoms with van der Waals surface area (Å²) in [6.07, 6.45) is 20.2. The van der Waals surface area contributed by atoms with E-state index in [1.807, 2.05) is 0 Å². The summed E-state index contributed by atoms with van der Waals surface area (Å²) in [5, 5.41) is 54.5. The maximum atomic E-state index is 12.9. The molecule has 0 aliphatic carbocycles. The lowest BCUT2D eigenvalue weighted by Crippen LogP contribution is -2.61. The molecule has 1 saturated heterocycles. The fourth-order valence-corrected chi connectivity index (χ4v) is 6.37. The van der Waals surface area contributed by atoms with Crippen LogP contribution in [-0.2, 0) is 28.9 Å². The van der Waals surface area contributed by atoms with Crippen LogP contribution < -0.4 is 5.32 Å². The van der Waals surface area contributed by atoms with E-state index in [2.05, 4.69) is 47.7 Å². The molecule has 7 N–H and O–H groups in total.